The first-order valence-electron chi connectivity index (χ1n) is 5.14. The van der Waals surface area contributed by atoms with Gasteiger partial charge in [0.05, 0.1) is 6.20 Å². The lowest BCUT2D eigenvalue weighted by Crippen LogP contribution is -2.24. The molecule has 1 aromatic rings. The van der Waals surface area contributed by atoms with Crippen LogP contribution in [0.4, 0.5) is 11.8 Å². The molecule has 0 unspecified atom stereocenters. The van der Waals surface area contributed by atoms with Crippen LogP contribution in [0.1, 0.15) is 6.42 Å². The fourth-order valence-corrected chi connectivity index (χ4v) is 1.60. The molecule has 1 rings (SSSR count). The predicted octanol–water partition coefficient (Wildman–Crippen LogP) is 1.10. The molecule has 0 aromatic carbocycles. The number of nitrogens with zero attached hydrogens (tertiary/aromatic N) is 4. The Kier molecular flexibility index (Phi) is 4.76. The molecule has 1 heterocycles. The summed E-state index contributed by atoms with van der Waals surface area (Å²) >= 11 is 6.00. The topological polar surface area (TPSA) is 58.3 Å². The maximum Gasteiger partial charge on any atom is 0.222 e. The number of hydrogen-bond acceptors (Lipinski definition) is 5. The Bertz CT molecular complexity index is 342. The summed E-state index contributed by atoms with van der Waals surface area (Å²) in [6.45, 7) is 1.91. The van der Waals surface area contributed by atoms with Gasteiger partial charge >= 0.3 is 0 Å². The second-order valence-corrected chi connectivity index (χ2v) is 4.39. The van der Waals surface area contributed by atoms with E-state index >= 15 is 0 Å². The number of aromatic nitrogens is 2. The molecule has 0 amide bonds. The van der Waals surface area contributed by atoms with Crippen LogP contribution in [0.5, 0.6) is 0 Å². The molecule has 6 heteroatoms. The fourth-order valence-electron chi connectivity index (χ4n) is 1.37. The number of halogens is 1. The molecule has 0 bridgehead atoms. The Morgan fingerprint density at radius 1 is 1.31 bits per heavy atom. The number of hydrogen-bond donors (Lipinski definition) is 1. The monoisotopic (exact) mass is 243 g/mol. The summed E-state index contributed by atoms with van der Waals surface area (Å²) < 4.78 is 0. The third kappa shape index (κ3) is 3.83. The highest BCUT2D eigenvalue weighted by Crippen LogP contribution is 2.21. The number of nitrogens with two attached hydrogens (primary N) is 1. The molecule has 90 valence electrons. The molecular weight excluding hydrogens is 226 g/mol. The molecule has 0 aliphatic heterocycles. The molecule has 16 heavy (non-hydrogen) atoms. The second-order valence-electron chi connectivity index (χ2n) is 3.98. The fraction of sp³-hybridized carbons (Fsp3) is 0.600. The van der Waals surface area contributed by atoms with Crippen molar-refractivity contribution in [2.45, 2.75) is 6.42 Å². The first-order valence-corrected chi connectivity index (χ1v) is 5.52. The van der Waals surface area contributed by atoms with Gasteiger partial charge in [0.15, 0.2) is 5.82 Å². The van der Waals surface area contributed by atoms with E-state index in [4.69, 9.17) is 17.3 Å². The van der Waals surface area contributed by atoms with E-state index < -0.39 is 0 Å². The molecular formula is C10H18ClN5. The SMILES string of the molecule is CN(C)CCCN(C)c1nc(N)ncc1Cl. The van der Waals surface area contributed by atoms with Gasteiger partial charge in [0.1, 0.15) is 5.02 Å². The number of rotatable bonds is 5. The average Bonchev–Trinajstić information content (AvgIpc) is 2.21. The van der Waals surface area contributed by atoms with E-state index in [9.17, 15) is 0 Å². The van der Waals surface area contributed by atoms with Crippen LogP contribution in [0, 0.1) is 0 Å². The van der Waals surface area contributed by atoms with E-state index in [1.807, 2.05) is 11.9 Å². The Morgan fingerprint density at radius 3 is 2.62 bits per heavy atom. The minimum Gasteiger partial charge on any atom is -0.368 e. The van der Waals surface area contributed by atoms with Crippen LogP contribution >= 0.6 is 11.6 Å². The minimum absolute atomic E-state index is 0.249. The van der Waals surface area contributed by atoms with Crippen LogP contribution in [-0.2, 0) is 0 Å². The van der Waals surface area contributed by atoms with E-state index in [0.29, 0.717) is 10.8 Å². The van der Waals surface area contributed by atoms with Gasteiger partial charge < -0.3 is 15.5 Å². The summed E-state index contributed by atoms with van der Waals surface area (Å²) in [6, 6.07) is 0. The number of nitrogen functional groups attached to an aromatic ring is 1. The zero-order valence-electron chi connectivity index (χ0n) is 9.94. The van der Waals surface area contributed by atoms with Gasteiger partial charge in [-0.15, -0.1) is 0 Å². The highest BCUT2D eigenvalue weighted by Gasteiger charge is 2.08. The summed E-state index contributed by atoms with van der Waals surface area (Å²) in [5.74, 6) is 0.937. The van der Waals surface area contributed by atoms with Gasteiger partial charge in [0.25, 0.3) is 0 Å². The predicted molar refractivity (Wildman–Crippen MR) is 67.9 cm³/mol. The number of anilines is 2. The second kappa shape index (κ2) is 5.86. The van der Waals surface area contributed by atoms with Crippen LogP contribution in [-0.4, -0.2) is 49.1 Å². The maximum absolute atomic E-state index is 6.00. The normalized spacial score (nSPS) is 10.8. The Balaban J connectivity index is 2.58. The highest BCUT2D eigenvalue weighted by molar-refractivity contribution is 6.32. The summed E-state index contributed by atoms with van der Waals surface area (Å²) in [7, 11) is 6.05. The average molecular weight is 244 g/mol. The molecule has 0 aliphatic rings. The quantitative estimate of drug-likeness (QED) is 0.839. The van der Waals surface area contributed by atoms with Crippen molar-refractivity contribution >= 4 is 23.4 Å². The third-order valence-corrected chi connectivity index (χ3v) is 2.47. The van der Waals surface area contributed by atoms with Crippen LogP contribution in [0.15, 0.2) is 6.20 Å². The largest absolute Gasteiger partial charge is 0.368 e. The van der Waals surface area contributed by atoms with Crippen LogP contribution in [0.25, 0.3) is 0 Å². The first-order chi connectivity index (χ1) is 7.50. The van der Waals surface area contributed by atoms with Crippen molar-refractivity contribution < 1.29 is 0 Å². The summed E-state index contributed by atoms with van der Waals surface area (Å²) in [6.07, 6.45) is 2.57. The van der Waals surface area contributed by atoms with Crippen LogP contribution < -0.4 is 10.6 Å². The van der Waals surface area contributed by atoms with Crippen molar-refractivity contribution in [3.05, 3.63) is 11.2 Å². The molecule has 1 aromatic heterocycles. The molecule has 0 spiro atoms. The summed E-state index contributed by atoms with van der Waals surface area (Å²) in [5, 5.41) is 0.529. The Morgan fingerprint density at radius 2 is 2.00 bits per heavy atom. The van der Waals surface area contributed by atoms with Gasteiger partial charge in [0, 0.05) is 13.6 Å². The Hall–Kier alpha value is -1.07. The van der Waals surface area contributed by atoms with E-state index in [1.165, 1.54) is 6.20 Å². The Labute approximate surface area is 101 Å². The van der Waals surface area contributed by atoms with Crippen molar-refractivity contribution in [2.75, 3.05) is 44.9 Å². The van der Waals surface area contributed by atoms with E-state index in [1.54, 1.807) is 0 Å². The lowest BCUT2D eigenvalue weighted by molar-refractivity contribution is 0.401. The third-order valence-electron chi connectivity index (χ3n) is 2.20. The molecule has 0 radical (unpaired) electrons. The van der Waals surface area contributed by atoms with Gasteiger partial charge in [-0.2, -0.15) is 4.98 Å². The van der Waals surface area contributed by atoms with Crippen molar-refractivity contribution in [3.63, 3.8) is 0 Å². The van der Waals surface area contributed by atoms with Crippen molar-refractivity contribution in [1.82, 2.24) is 14.9 Å². The molecule has 0 fully saturated rings. The lowest BCUT2D eigenvalue weighted by Gasteiger charge is -2.20. The van der Waals surface area contributed by atoms with Gasteiger partial charge in [-0.25, -0.2) is 4.98 Å². The zero-order valence-corrected chi connectivity index (χ0v) is 10.7. The van der Waals surface area contributed by atoms with E-state index in [-0.39, 0.29) is 5.95 Å². The zero-order chi connectivity index (χ0) is 12.1. The van der Waals surface area contributed by atoms with Crippen LogP contribution in [0.3, 0.4) is 0 Å². The summed E-state index contributed by atoms with van der Waals surface area (Å²) in [5.41, 5.74) is 5.53. The molecule has 5 nitrogen and oxygen atoms in total. The molecule has 0 aliphatic carbocycles. The van der Waals surface area contributed by atoms with Crippen molar-refractivity contribution in [1.29, 1.82) is 0 Å². The van der Waals surface area contributed by atoms with Crippen molar-refractivity contribution in [3.8, 4) is 0 Å². The van der Waals surface area contributed by atoms with Gasteiger partial charge in [-0.3, -0.25) is 0 Å². The van der Waals surface area contributed by atoms with Gasteiger partial charge in [-0.05, 0) is 27.1 Å². The maximum atomic E-state index is 6.00. The molecule has 0 saturated carbocycles. The molecule has 2 N–H and O–H groups in total. The highest BCUT2D eigenvalue weighted by atomic mass is 35.5. The van der Waals surface area contributed by atoms with Gasteiger partial charge in [-0.1, -0.05) is 11.6 Å². The van der Waals surface area contributed by atoms with E-state index in [2.05, 4.69) is 29.0 Å². The standard InChI is InChI=1S/C10H18ClN5/c1-15(2)5-4-6-16(3)9-8(11)7-13-10(12)14-9/h7H,4-6H2,1-3H3,(H2,12,13,14). The molecule has 0 atom stereocenters. The van der Waals surface area contributed by atoms with Gasteiger partial charge in [0.2, 0.25) is 5.95 Å². The van der Waals surface area contributed by atoms with Crippen LogP contribution in [0.2, 0.25) is 5.02 Å². The van der Waals surface area contributed by atoms with Crippen molar-refractivity contribution in [2.24, 2.45) is 0 Å². The lowest BCUT2D eigenvalue weighted by atomic mass is 10.3. The summed E-state index contributed by atoms with van der Waals surface area (Å²) in [4.78, 5) is 12.1. The smallest absolute Gasteiger partial charge is 0.222 e. The minimum atomic E-state index is 0.249. The molecule has 0 saturated heterocycles. The first kappa shape index (κ1) is 13.0. The van der Waals surface area contributed by atoms with E-state index in [0.717, 1.165) is 19.5 Å².